The number of benzene rings is 2. The first kappa shape index (κ1) is 15.8. The molecule has 1 atom stereocenters. The summed E-state index contributed by atoms with van der Waals surface area (Å²) in [6.45, 7) is 6.04. The Balaban J connectivity index is 2.04. The van der Waals surface area contributed by atoms with Gasteiger partial charge in [-0.15, -0.1) is 0 Å². The van der Waals surface area contributed by atoms with Gasteiger partial charge in [-0.1, -0.05) is 6.07 Å². The number of hydrogen-bond donors (Lipinski definition) is 1. The van der Waals surface area contributed by atoms with Gasteiger partial charge in [-0.3, -0.25) is 0 Å². The van der Waals surface area contributed by atoms with Crippen LogP contribution >= 0.6 is 15.9 Å². The second kappa shape index (κ2) is 6.94. The van der Waals surface area contributed by atoms with E-state index < -0.39 is 0 Å². The fourth-order valence-electron chi connectivity index (χ4n) is 2.02. The van der Waals surface area contributed by atoms with E-state index in [0.717, 1.165) is 17.0 Å². The molecule has 0 saturated carbocycles. The molecule has 2 nitrogen and oxygen atoms in total. The molecule has 0 heterocycles. The molecule has 1 unspecified atom stereocenters. The van der Waals surface area contributed by atoms with Gasteiger partial charge in [-0.25, -0.2) is 4.39 Å². The second-order valence-corrected chi connectivity index (χ2v) is 6.08. The highest BCUT2D eigenvalue weighted by atomic mass is 79.9. The minimum atomic E-state index is -0.249. The average molecular weight is 352 g/mol. The van der Waals surface area contributed by atoms with E-state index in [1.807, 2.05) is 45.0 Å². The summed E-state index contributed by atoms with van der Waals surface area (Å²) in [6.07, 6.45) is 0.166. The van der Waals surface area contributed by atoms with Crippen molar-refractivity contribution in [1.82, 2.24) is 0 Å². The normalized spacial score (nSPS) is 12.3. The highest BCUT2D eigenvalue weighted by Gasteiger charge is 2.08. The van der Waals surface area contributed by atoms with E-state index in [4.69, 9.17) is 4.74 Å². The number of halogens is 2. The van der Waals surface area contributed by atoms with Crippen LogP contribution in [0.2, 0.25) is 0 Å². The smallest absolute Gasteiger partial charge is 0.137 e. The Morgan fingerprint density at radius 2 is 1.71 bits per heavy atom. The van der Waals surface area contributed by atoms with E-state index in [1.54, 1.807) is 12.1 Å². The predicted molar refractivity (Wildman–Crippen MR) is 88.3 cm³/mol. The Morgan fingerprint density at radius 1 is 1.05 bits per heavy atom. The lowest BCUT2D eigenvalue weighted by Gasteiger charge is -2.17. The summed E-state index contributed by atoms with van der Waals surface area (Å²) in [5, 5.41) is 3.39. The lowest BCUT2D eigenvalue weighted by molar-refractivity contribution is 0.242. The molecule has 0 aliphatic rings. The van der Waals surface area contributed by atoms with Crippen LogP contribution in [0.1, 0.15) is 32.4 Å². The number of anilines is 1. The zero-order valence-corrected chi connectivity index (χ0v) is 13.9. The third-order valence-electron chi connectivity index (χ3n) is 3.05. The summed E-state index contributed by atoms with van der Waals surface area (Å²) in [4.78, 5) is 0. The number of rotatable bonds is 5. The monoisotopic (exact) mass is 351 g/mol. The van der Waals surface area contributed by atoms with Crippen LogP contribution in [0.5, 0.6) is 5.75 Å². The zero-order valence-electron chi connectivity index (χ0n) is 12.4. The van der Waals surface area contributed by atoms with Crippen LogP contribution in [0.15, 0.2) is 46.9 Å². The van der Waals surface area contributed by atoms with E-state index in [2.05, 4.69) is 21.2 Å². The maximum Gasteiger partial charge on any atom is 0.137 e. The van der Waals surface area contributed by atoms with Gasteiger partial charge in [0, 0.05) is 11.7 Å². The summed E-state index contributed by atoms with van der Waals surface area (Å²) < 4.78 is 19.3. The molecule has 0 fully saturated rings. The van der Waals surface area contributed by atoms with Crippen molar-refractivity contribution in [1.29, 1.82) is 0 Å². The van der Waals surface area contributed by atoms with Crippen LogP contribution in [0.3, 0.4) is 0 Å². The first-order valence-electron chi connectivity index (χ1n) is 6.94. The molecule has 2 rings (SSSR count). The summed E-state index contributed by atoms with van der Waals surface area (Å²) in [5.74, 6) is 0.605. The van der Waals surface area contributed by atoms with Gasteiger partial charge < -0.3 is 10.1 Å². The lowest BCUT2D eigenvalue weighted by atomic mass is 10.1. The molecular formula is C17H19BrFNO. The van der Waals surface area contributed by atoms with Crippen molar-refractivity contribution in [3.05, 3.63) is 58.3 Å². The van der Waals surface area contributed by atoms with Crippen molar-refractivity contribution >= 4 is 21.6 Å². The SMILES string of the molecule is CC(C)Oc1ccc(NC(C)c2ccc(F)c(Br)c2)cc1. The van der Waals surface area contributed by atoms with E-state index in [0.29, 0.717) is 4.47 Å². The van der Waals surface area contributed by atoms with Gasteiger partial charge >= 0.3 is 0 Å². The molecule has 0 saturated heterocycles. The van der Waals surface area contributed by atoms with Crippen LogP contribution in [0.4, 0.5) is 10.1 Å². The highest BCUT2D eigenvalue weighted by molar-refractivity contribution is 9.10. The molecule has 0 radical (unpaired) electrons. The van der Waals surface area contributed by atoms with Crippen LogP contribution < -0.4 is 10.1 Å². The molecular weight excluding hydrogens is 333 g/mol. The second-order valence-electron chi connectivity index (χ2n) is 5.23. The van der Waals surface area contributed by atoms with Crippen molar-refractivity contribution in [2.75, 3.05) is 5.32 Å². The molecule has 4 heteroatoms. The Bertz CT molecular complexity index is 598. The Morgan fingerprint density at radius 3 is 2.29 bits per heavy atom. The standard InChI is InChI=1S/C17H19BrFNO/c1-11(2)21-15-7-5-14(6-8-15)20-12(3)13-4-9-17(19)16(18)10-13/h4-12,20H,1-3H3. The number of nitrogens with one attached hydrogen (secondary N) is 1. The largest absolute Gasteiger partial charge is 0.491 e. The average Bonchev–Trinajstić information content (AvgIpc) is 2.43. The quantitative estimate of drug-likeness (QED) is 0.762. The molecule has 0 aromatic heterocycles. The van der Waals surface area contributed by atoms with E-state index in [1.165, 1.54) is 6.07 Å². The maximum atomic E-state index is 13.3. The van der Waals surface area contributed by atoms with Gasteiger partial charge in [0.1, 0.15) is 11.6 Å². The summed E-state index contributed by atoms with van der Waals surface area (Å²) in [5.41, 5.74) is 2.02. The van der Waals surface area contributed by atoms with Gasteiger partial charge in [0.2, 0.25) is 0 Å². The third kappa shape index (κ3) is 4.46. The minimum absolute atomic E-state index is 0.0822. The van der Waals surface area contributed by atoms with E-state index in [9.17, 15) is 4.39 Å². The maximum absolute atomic E-state index is 13.3. The predicted octanol–water partition coefficient (Wildman–Crippen LogP) is 5.55. The summed E-state index contributed by atoms with van der Waals surface area (Å²) >= 11 is 3.21. The minimum Gasteiger partial charge on any atom is -0.491 e. The van der Waals surface area contributed by atoms with Gasteiger partial charge in [0.25, 0.3) is 0 Å². The van der Waals surface area contributed by atoms with Crippen LogP contribution in [-0.2, 0) is 0 Å². The van der Waals surface area contributed by atoms with E-state index in [-0.39, 0.29) is 18.0 Å². The van der Waals surface area contributed by atoms with Gasteiger partial charge in [-0.2, -0.15) is 0 Å². The molecule has 21 heavy (non-hydrogen) atoms. The molecule has 0 aliphatic heterocycles. The summed E-state index contributed by atoms with van der Waals surface area (Å²) in [6, 6.07) is 13.0. The molecule has 0 aliphatic carbocycles. The van der Waals surface area contributed by atoms with Gasteiger partial charge in [0.05, 0.1) is 10.6 Å². The topological polar surface area (TPSA) is 21.3 Å². The molecule has 0 bridgehead atoms. The van der Waals surface area contributed by atoms with Gasteiger partial charge in [-0.05, 0) is 78.7 Å². The fourth-order valence-corrected chi connectivity index (χ4v) is 2.41. The molecule has 1 N–H and O–H groups in total. The third-order valence-corrected chi connectivity index (χ3v) is 3.66. The Labute approximate surface area is 133 Å². The van der Waals surface area contributed by atoms with Crippen LogP contribution in [-0.4, -0.2) is 6.10 Å². The fraction of sp³-hybridized carbons (Fsp3) is 0.294. The van der Waals surface area contributed by atoms with Crippen LogP contribution in [0.25, 0.3) is 0 Å². The van der Waals surface area contributed by atoms with Gasteiger partial charge in [0.15, 0.2) is 0 Å². The molecule has 0 spiro atoms. The molecule has 2 aromatic carbocycles. The highest BCUT2D eigenvalue weighted by Crippen LogP contribution is 2.25. The van der Waals surface area contributed by atoms with Crippen molar-refractivity contribution < 1.29 is 9.13 Å². The van der Waals surface area contributed by atoms with E-state index >= 15 is 0 Å². The molecule has 0 amide bonds. The molecule has 2 aromatic rings. The first-order valence-corrected chi connectivity index (χ1v) is 7.73. The first-order chi connectivity index (χ1) is 9.95. The zero-order chi connectivity index (χ0) is 15.4. The van der Waals surface area contributed by atoms with Crippen molar-refractivity contribution in [2.45, 2.75) is 32.9 Å². The lowest BCUT2D eigenvalue weighted by Crippen LogP contribution is -2.08. The van der Waals surface area contributed by atoms with Crippen molar-refractivity contribution in [2.24, 2.45) is 0 Å². The molecule has 112 valence electrons. The number of hydrogen-bond acceptors (Lipinski definition) is 2. The van der Waals surface area contributed by atoms with Crippen LogP contribution in [0, 0.1) is 5.82 Å². The summed E-state index contributed by atoms with van der Waals surface area (Å²) in [7, 11) is 0. The number of ether oxygens (including phenoxy) is 1. The van der Waals surface area contributed by atoms with Crippen molar-refractivity contribution in [3.8, 4) is 5.75 Å². The van der Waals surface area contributed by atoms with Crippen molar-refractivity contribution in [3.63, 3.8) is 0 Å². The Kier molecular flexibility index (Phi) is 5.23. The Hall–Kier alpha value is -1.55.